The molecule has 0 saturated heterocycles. The molecule has 0 aliphatic heterocycles. The standard InChI is InChI=1S/C25H21FN6/c1-16-6-7-18(13-22(16)17(2)29-20-10-8-19(26)9-11-20)21-5-4-12-32-23(21)14-27-25(32)24-15-28-30-31(24)3/h4-15,29H,2H2,1,3H3. The number of hydrogen-bond acceptors (Lipinski definition) is 4. The fourth-order valence-corrected chi connectivity index (χ4v) is 3.84. The number of pyridine rings is 1. The van der Waals surface area contributed by atoms with E-state index in [-0.39, 0.29) is 5.82 Å². The molecule has 0 spiro atoms. The van der Waals surface area contributed by atoms with Crippen molar-refractivity contribution in [3.05, 3.63) is 96.7 Å². The fraction of sp³-hybridized carbons (Fsp3) is 0.0800. The van der Waals surface area contributed by atoms with E-state index in [0.717, 1.165) is 50.7 Å². The van der Waals surface area contributed by atoms with Crippen LogP contribution in [0.15, 0.2) is 79.8 Å². The third kappa shape index (κ3) is 3.43. The van der Waals surface area contributed by atoms with E-state index in [2.05, 4.69) is 51.5 Å². The Kier molecular flexibility index (Phi) is 4.78. The zero-order valence-electron chi connectivity index (χ0n) is 17.7. The zero-order chi connectivity index (χ0) is 22.2. The van der Waals surface area contributed by atoms with Crippen LogP contribution in [0, 0.1) is 12.7 Å². The minimum Gasteiger partial charge on any atom is -0.356 e. The Morgan fingerprint density at radius 2 is 1.88 bits per heavy atom. The number of benzene rings is 2. The van der Waals surface area contributed by atoms with Crippen LogP contribution in [0.2, 0.25) is 0 Å². The van der Waals surface area contributed by atoms with Crippen molar-refractivity contribution in [1.29, 1.82) is 0 Å². The highest BCUT2D eigenvalue weighted by Gasteiger charge is 2.14. The van der Waals surface area contributed by atoms with Crippen LogP contribution in [-0.2, 0) is 7.05 Å². The van der Waals surface area contributed by atoms with E-state index >= 15 is 0 Å². The molecule has 0 fully saturated rings. The van der Waals surface area contributed by atoms with E-state index in [1.165, 1.54) is 12.1 Å². The molecule has 0 aliphatic rings. The van der Waals surface area contributed by atoms with Gasteiger partial charge in [-0.15, -0.1) is 5.10 Å². The molecule has 158 valence electrons. The quantitative estimate of drug-likeness (QED) is 0.414. The second-order valence-electron chi connectivity index (χ2n) is 7.64. The van der Waals surface area contributed by atoms with Gasteiger partial charge in [-0.2, -0.15) is 0 Å². The Hall–Kier alpha value is -4.26. The lowest BCUT2D eigenvalue weighted by molar-refractivity contribution is 0.628. The molecule has 3 aromatic heterocycles. The summed E-state index contributed by atoms with van der Waals surface area (Å²) in [7, 11) is 1.85. The van der Waals surface area contributed by atoms with Gasteiger partial charge in [0.2, 0.25) is 0 Å². The van der Waals surface area contributed by atoms with Crippen LogP contribution >= 0.6 is 0 Å². The lowest BCUT2D eigenvalue weighted by Gasteiger charge is -2.15. The largest absolute Gasteiger partial charge is 0.356 e. The number of nitrogens with zero attached hydrogens (tertiary/aromatic N) is 5. The Balaban J connectivity index is 1.54. The van der Waals surface area contributed by atoms with Crippen molar-refractivity contribution in [1.82, 2.24) is 24.4 Å². The average Bonchev–Trinajstić information content (AvgIpc) is 3.41. The molecule has 2 aromatic carbocycles. The van der Waals surface area contributed by atoms with Gasteiger partial charge in [0.15, 0.2) is 5.82 Å². The molecular formula is C25H21FN6. The van der Waals surface area contributed by atoms with Crippen molar-refractivity contribution in [3.8, 4) is 22.6 Å². The van der Waals surface area contributed by atoms with Crippen molar-refractivity contribution in [2.24, 2.45) is 7.05 Å². The van der Waals surface area contributed by atoms with E-state index in [0.29, 0.717) is 0 Å². The van der Waals surface area contributed by atoms with Crippen molar-refractivity contribution in [3.63, 3.8) is 0 Å². The molecular weight excluding hydrogens is 403 g/mol. The summed E-state index contributed by atoms with van der Waals surface area (Å²) in [6.07, 6.45) is 5.55. The zero-order valence-corrected chi connectivity index (χ0v) is 17.7. The molecule has 0 amide bonds. The van der Waals surface area contributed by atoms with Crippen LogP contribution in [0.25, 0.3) is 33.9 Å². The number of nitrogens with one attached hydrogen (secondary N) is 1. The van der Waals surface area contributed by atoms with Gasteiger partial charge < -0.3 is 5.32 Å². The first kappa shape index (κ1) is 19.7. The SMILES string of the molecule is C=C(Nc1ccc(F)cc1)c1cc(-c2cccn3c(-c4cnnn4C)ncc23)ccc1C. The summed E-state index contributed by atoms with van der Waals surface area (Å²) < 4.78 is 17.0. The van der Waals surface area contributed by atoms with Gasteiger partial charge in [-0.25, -0.2) is 14.1 Å². The number of imidazole rings is 1. The van der Waals surface area contributed by atoms with Gasteiger partial charge in [-0.1, -0.05) is 30.0 Å². The number of anilines is 1. The summed E-state index contributed by atoms with van der Waals surface area (Å²) in [5.41, 5.74) is 7.54. The van der Waals surface area contributed by atoms with Gasteiger partial charge in [-0.05, 0) is 54.4 Å². The van der Waals surface area contributed by atoms with Gasteiger partial charge in [0.1, 0.15) is 11.5 Å². The monoisotopic (exact) mass is 424 g/mol. The smallest absolute Gasteiger partial charge is 0.164 e. The predicted molar refractivity (Wildman–Crippen MR) is 124 cm³/mol. The van der Waals surface area contributed by atoms with Gasteiger partial charge in [0.25, 0.3) is 0 Å². The summed E-state index contributed by atoms with van der Waals surface area (Å²) in [5, 5.41) is 11.3. The van der Waals surface area contributed by atoms with Crippen LogP contribution in [0.3, 0.4) is 0 Å². The molecule has 0 saturated carbocycles. The van der Waals surface area contributed by atoms with Crippen molar-refractivity contribution in [2.45, 2.75) is 6.92 Å². The number of rotatable bonds is 5. The normalized spacial score (nSPS) is 11.1. The first-order valence-electron chi connectivity index (χ1n) is 10.2. The Bertz CT molecular complexity index is 1450. The van der Waals surface area contributed by atoms with Gasteiger partial charge >= 0.3 is 0 Å². The number of aromatic nitrogens is 5. The molecule has 0 bridgehead atoms. The highest BCUT2D eigenvalue weighted by Crippen LogP contribution is 2.31. The summed E-state index contributed by atoms with van der Waals surface area (Å²) in [4.78, 5) is 4.62. The van der Waals surface area contributed by atoms with Crippen LogP contribution in [0.4, 0.5) is 10.1 Å². The number of aryl methyl sites for hydroxylation is 2. The molecule has 7 heteroatoms. The van der Waals surface area contributed by atoms with Crippen molar-refractivity contribution < 1.29 is 4.39 Å². The molecule has 0 atom stereocenters. The van der Waals surface area contributed by atoms with E-state index in [1.54, 1.807) is 23.0 Å². The Labute approximate surface area is 184 Å². The maximum absolute atomic E-state index is 13.2. The first-order chi connectivity index (χ1) is 15.5. The van der Waals surface area contributed by atoms with E-state index in [4.69, 9.17) is 0 Å². The van der Waals surface area contributed by atoms with E-state index < -0.39 is 0 Å². The first-order valence-corrected chi connectivity index (χ1v) is 10.2. The Morgan fingerprint density at radius 1 is 1.06 bits per heavy atom. The third-order valence-electron chi connectivity index (χ3n) is 5.53. The molecule has 0 radical (unpaired) electrons. The van der Waals surface area contributed by atoms with Crippen molar-refractivity contribution in [2.75, 3.05) is 5.32 Å². The summed E-state index contributed by atoms with van der Waals surface area (Å²) >= 11 is 0. The van der Waals surface area contributed by atoms with Gasteiger partial charge in [-0.3, -0.25) is 4.40 Å². The number of fused-ring (bicyclic) bond motifs is 1. The molecule has 5 aromatic rings. The lowest BCUT2D eigenvalue weighted by atomic mass is 9.98. The average molecular weight is 424 g/mol. The molecule has 32 heavy (non-hydrogen) atoms. The van der Waals surface area contributed by atoms with Crippen LogP contribution < -0.4 is 5.32 Å². The van der Waals surface area contributed by atoms with Crippen molar-refractivity contribution >= 4 is 16.9 Å². The predicted octanol–water partition coefficient (Wildman–Crippen LogP) is 5.33. The van der Waals surface area contributed by atoms with Crippen LogP contribution in [0.5, 0.6) is 0 Å². The fourth-order valence-electron chi connectivity index (χ4n) is 3.84. The second-order valence-corrected chi connectivity index (χ2v) is 7.64. The summed E-state index contributed by atoms with van der Waals surface area (Å²) in [5.74, 6) is 0.513. The van der Waals surface area contributed by atoms with E-state index in [1.807, 2.05) is 36.8 Å². The van der Waals surface area contributed by atoms with Gasteiger partial charge in [0.05, 0.1) is 17.9 Å². The maximum Gasteiger partial charge on any atom is 0.164 e. The number of hydrogen-bond donors (Lipinski definition) is 1. The molecule has 0 aliphatic carbocycles. The Morgan fingerprint density at radius 3 is 2.62 bits per heavy atom. The molecule has 0 unspecified atom stereocenters. The molecule has 6 nitrogen and oxygen atoms in total. The highest BCUT2D eigenvalue weighted by molar-refractivity contribution is 5.85. The topological polar surface area (TPSA) is 60.0 Å². The minimum atomic E-state index is -0.269. The highest BCUT2D eigenvalue weighted by atomic mass is 19.1. The third-order valence-corrected chi connectivity index (χ3v) is 5.53. The second kappa shape index (κ2) is 7.77. The summed E-state index contributed by atoms with van der Waals surface area (Å²) in [6, 6.07) is 16.6. The minimum absolute atomic E-state index is 0.269. The van der Waals surface area contributed by atoms with Crippen LogP contribution in [-0.4, -0.2) is 24.4 Å². The maximum atomic E-state index is 13.2. The van der Waals surface area contributed by atoms with E-state index in [9.17, 15) is 4.39 Å². The molecule has 1 N–H and O–H groups in total. The van der Waals surface area contributed by atoms with Gasteiger partial charge in [0, 0.05) is 35.8 Å². The van der Waals surface area contributed by atoms with Crippen LogP contribution in [0.1, 0.15) is 11.1 Å². The lowest BCUT2D eigenvalue weighted by Crippen LogP contribution is -2.00. The molecule has 3 heterocycles. The summed E-state index contributed by atoms with van der Waals surface area (Å²) in [6.45, 7) is 6.25. The molecule has 5 rings (SSSR count). The number of halogens is 1.